The zero-order valence-electron chi connectivity index (χ0n) is 11.8. The van der Waals surface area contributed by atoms with Crippen LogP contribution in [0.2, 0.25) is 0 Å². The Labute approximate surface area is 105 Å². The third-order valence-electron chi connectivity index (χ3n) is 2.88. The molecule has 0 aromatic carbocycles. The minimum Gasteiger partial charge on any atom is -0.381 e. The SMILES string of the molecule is CC(C)(C)CN1CCN(C(=O)C(C)(C)O)CC1. The number of carbonyl (C=O) groups is 1. The van der Waals surface area contributed by atoms with Gasteiger partial charge in [-0.05, 0) is 19.3 Å². The fourth-order valence-electron chi connectivity index (χ4n) is 2.17. The Kier molecular flexibility index (Phi) is 4.20. The second-order valence-electron chi connectivity index (χ2n) is 6.69. The Morgan fingerprint density at radius 2 is 1.53 bits per heavy atom. The van der Waals surface area contributed by atoms with Crippen LogP contribution in [-0.4, -0.2) is 59.1 Å². The van der Waals surface area contributed by atoms with Gasteiger partial charge in [-0.25, -0.2) is 0 Å². The number of amides is 1. The first-order chi connectivity index (χ1) is 7.59. The first-order valence-electron chi connectivity index (χ1n) is 6.34. The normalized spacial score (nSPS) is 19.5. The van der Waals surface area contributed by atoms with Crippen LogP contribution in [0.1, 0.15) is 34.6 Å². The zero-order chi connectivity index (χ0) is 13.3. The van der Waals surface area contributed by atoms with E-state index in [1.807, 2.05) is 0 Å². The molecule has 0 aromatic heterocycles. The van der Waals surface area contributed by atoms with Crippen molar-refractivity contribution in [1.29, 1.82) is 0 Å². The number of nitrogens with zero attached hydrogens (tertiary/aromatic N) is 2. The molecule has 1 aliphatic heterocycles. The van der Waals surface area contributed by atoms with E-state index in [9.17, 15) is 9.90 Å². The van der Waals surface area contributed by atoms with E-state index >= 15 is 0 Å². The van der Waals surface area contributed by atoms with Crippen LogP contribution in [-0.2, 0) is 4.79 Å². The quantitative estimate of drug-likeness (QED) is 0.784. The molecule has 0 unspecified atom stereocenters. The summed E-state index contributed by atoms with van der Waals surface area (Å²) >= 11 is 0. The number of rotatable bonds is 2. The van der Waals surface area contributed by atoms with E-state index in [0.717, 1.165) is 32.7 Å². The number of aliphatic hydroxyl groups is 1. The van der Waals surface area contributed by atoms with E-state index in [-0.39, 0.29) is 5.91 Å². The largest absolute Gasteiger partial charge is 0.381 e. The number of hydrogen-bond donors (Lipinski definition) is 1. The molecular formula is C13H26N2O2. The maximum absolute atomic E-state index is 11.9. The molecule has 0 aromatic rings. The average Bonchev–Trinajstić information content (AvgIpc) is 2.14. The van der Waals surface area contributed by atoms with Crippen molar-refractivity contribution in [2.24, 2.45) is 5.41 Å². The Morgan fingerprint density at radius 1 is 1.06 bits per heavy atom. The van der Waals surface area contributed by atoms with Gasteiger partial charge in [-0.2, -0.15) is 0 Å². The third-order valence-corrected chi connectivity index (χ3v) is 2.88. The number of piperazine rings is 1. The lowest BCUT2D eigenvalue weighted by Crippen LogP contribution is -2.54. The van der Waals surface area contributed by atoms with Crippen molar-refractivity contribution in [2.75, 3.05) is 32.7 Å². The van der Waals surface area contributed by atoms with Crippen molar-refractivity contribution >= 4 is 5.91 Å². The maximum atomic E-state index is 11.9. The van der Waals surface area contributed by atoms with Crippen LogP contribution in [0.4, 0.5) is 0 Å². The van der Waals surface area contributed by atoms with E-state index < -0.39 is 5.60 Å². The van der Waals surface area contributed by atoms with Gasteiger partial charge in [0.2, 0.25) is 0 Å². The summed E-state index contributed by atoms with van der Waals surface area (Å²) in [7, 11) is 0. The Bertz CT molecular complexity index is 268. The maximum Gasteiger partial charge on any atom is 0.254 e. The van der Waals surface area contributed by atoms with Crippen LogP contribution in [0.5, 0.6) is 0 Å². The summed E-state index contributed by atoms with van der Waals surface area (Å²) in [5.74, 6) is -0.159. The summed E-state index contributed by atoms with van der Waals surface area (Å²) in [5.41, 5.74) is -0.950. The minimum atomic E-state index is -1.24. The molecule has 0 aliphatic carbocycles. The van der Waals surface area contributed by atoms with Gasteiger partial charge in [-0.1, -0.05) is 20.8 Å². The fourth-order valence-corrected chi connectivity index (χ4v) is 2.17. The molecule has 4 nitrogen and oxygen atoms in total. The average molecular weight is 242 g/mol. The monoisotopic (exact) mass is 242 g/mol. The molecule has 100 valence electrons. The lowest BCUT2D eigenvalue weighted by Gasteiger charge is -2.39. The predicted molar refractivity (Wildman–Crippen MR) is 68.8 cm³/mol. The number of carbonyl (C=O) groups excluding carboxylic acids is 1. The lowest BCUT2D eigenvalue weighted by atomic mass is 9.95. The molecule has 1 aliphatic rings. The van der Waals surface area contributed by atoms with Crippen molar-refractivity contribution in [3.8, 4) is 0 Å². The molecule has 0 spiro atoms. The van der Waals surface area contributed by atoms with Gasteiger partial charge in [0.1, 0.15) is 5.60 Å². The van der Waals surface area contributed by atoms with Crippen LogP contribution in [0.15, 0.2) is 0 Å². The predicted octanol–water partition coefficient (Wildman–Crippen LogP) is 0.948. The van der Waals surface area contributed by atoms with Gasteiger partial charge in [0, 0.05) is 32.7 Å². The zero-order valence-corrected chi connectivity index (χ0v) is 11.8. The molecule has 4 heteroatoms. The first kappa shape index (κ1) is 14.5. The number of hydrogen-bond acceptors (Lipinski definition) is 3. The lowest BCUT2D eigenvalue weighted by molar-refractivity contribution is -0.149. The van der Waals surface area contributed by atoms with Crippen molar-refractivity contribution in [3.05, 3.63) is 0 Å². The van der Waals surface area contributed by atoms with Crippen molar-refractivity contribution in [2.45, 2.75) is 40.2 Å². The summed E-state index contributed by atoms with van der Waals surface area (Å²) in [5, 5.41) is 9.69. The van der Waals surface area contributed by atoms with Gasteiger partial charge < -0.3 is 10.0 Å². The molecule has 0 atom stereocenters. The molecule has 1 fully saturated rings. The molecule has 17 heavy (non-hydrogen) atoms. The van der Waals surface area contributed by atoms with Crippen LogP contribution in [0, 0.1) is 5.41 Å². The van der Waals surface area contributed by atoms with Crippen LogP contribution >= 0.6 is 0 Å². The Morgan fingerprint density at radius 3 is 1.88 bits per heavy atom. The van der Waals surface area contributed by atoms with Crippen LogP contribution < -0.4 is 0 Å². The van der Waals surface area contributed by atoms with Crippen molar-refractivity contribution in [3.63, 3.8) is 0 Å². The summed E-state index contributed by atoms with van der Waals surface area (Å²) in [4.78, 5) is 16.0. The molecule has 1 N–H and O–H groups in total. The van der Waals surface area contributed by atoms with E-state index in [2.05, 4.69) is 25.7 Å². The van der Waals surface area contributed by atoms with E-state index in [0.29, 0.717) is 5.41 Å². The van der Waals surface area contributed by atoms with Gasteiger partial charge in [-0.3, -0.25) is 9.69 Å². The van der Waals surface area contributed by atoms with Crippen LogP contribution in [0.25, 0.3) is 0 Å². The van der Waals surface area contributed by atoms with Gasteiger partial charge in [0.25, 0.3) is 5.91 Å². The highest BCUT2D eigenvalue weighted by atomic mass is 16.3. The minimum absolute atomic E-state index is 0.159. The van der Waals surface area contributed by atoms with Gasteiger partial charge >= 0.3 is 0 Å². The standard InChI is InChI=1S/C13H26N2O2/c1-12(2,3)10-14-6-8-15(9-7-14)11(16)13(4,5)17/h17H,6-10H2,1-5H3. The Hall–Kier alpha value is -0.610. The highest BCUT2D eigenvalue weighted by molar-refractivity contribution is 5.84. The highest BCUT2D eigenvalue weighted by Gasteiger charge is 2.31. The fraction of sp³-hybridized carbons (Fsp3) is 0.923. The molecule has 0 radical (unpaired) electrons. The molecule has 0 saturated carbocycles. The topological polar surface area (TPSA) is 43.8 Å². The molecule has 1 amide bonds. The van der Waals surface area contributed by atoms with E-state index in [1.165, 1.54) is 0 Å². The van der Waals surface area contributed by atoms with Gasteiger partial charge in [-0.15, -0.1) is 0 Å². The van der Waals surface area contributed by atoms with Crippen molar-refractivity contribution < 1.29 is 9.90 Å². The summed E-state index contributed by atoms with van der Waals surface area (Å²) in [6, 6.07) is 0. The molecule has 0 bridgehead atoms. The van der Waals surface area contributed by atoms with E-state index in [4.69, 9.17) is 0 Å². The van der Waals surface area contributed by atoms with E-state index in [1.54, 1.807) is 18.7 Å². The first-order valence-corrected chi connectivity index (χ1v) is 6.34. The summed E-state index contributed by atoms with van der Waals surface area (Å²) in [6.45, 7) is 14.1. The second kappa shape index (κ2) is 4.94. The molecular weight excluding hydrogens is 216 g/mol. The van der Waals surface area contributed by atoms with Gasteiger partial charge in [0.15, 0.2) is 0 Å². The smallest absolute Gasteiger partial charge is 0.254 e. The summed E-state index contributed by atoms with van der Waals surface area (Å²) < 4.78 is 0. The van der Waals surface area contributed by atoms with Gasteiger partial charge in [0.05, 0.1) is 0 Å². The third kappa shape index (κ3) is 4.64. The molecule has 1 heterocycles. The van der Waals surface area contributed by atoms with Crippen LogP contribution in [0.3, 0.4) is 0 Å². The second-order valence-corrected chi connectivity index (χ2v) is 6.69. The molecule has 1 rings (SSSR count). The van der Waals surface area contributed by atoms with Crippen molar-refractivity contribution in [1.82, 2.24) is 9.80 Å². The Balaban J connectivity index is 2.44. The molecule has 1 saturated heterocycles. The highest BCUT2D eigenvalue weighted by Crippen LogP contribution is 2.17. The summed E-state index contributed by atoms with van der Waals surface area (Å²) in [6.07, 6.45) is 0.